The molecule has 1 aliphatic heterocycles. The zero-order valence-corrected chi connectivity index (χ0v) is 18.4. The number of amides is 1. The number of anilines is 1. The topological polar surface area (TPSA) is 98.6 Å². The number of fused-ring (bicyclic) bond motifs is 1. The van der Waals surface area contributed by atoms with Crippen LogP contribution in [0.15, 0.2) is 67.5 Å². The van der Waals surface area contributed by atoms with Crippen molar-refractivity contribution in [2.45, 2.75) is 18.8 Å². The molecule has 0 spiro atoms. The van der Waals surface area contributed by atoms with Crippen LogP contribution in [0.5, 0.6) is 11.6 Å². The van der Waals surface area contributed by atoms with Gasteiger partial charge in [-0.1, -0.05) is 12.6 Å². The van der Waals surface area contributed by atoms with E-state index < -0.39 is 5.82 Å². The molecule has 0 saturated carbocycles. The average molecular weight is 458 g/mol. The van der Waals surface area contributed by atoms with Crippen LogP contribution in [0.3, 0.4) is 0 Å². The van der Waals surface area contributed by atoms with Crippen molar-refractivity contribution in [3.05, 3.63) is 79.0 Å². The first-order chi connectivity index (χ1) is 16.5. The standard InChI is InChI=1S/C25H23FN6O2/c1-2-22(33)31-13-5-6-16(15-31)23-20-10-12-29-25(27)32(20)24(30-23)18-9-8-17(14-19(18)26)34-21-7-3-4-11-28-21/h2-4,7-12,14,16H,1,5-6,13,15H2,(H2,27,29). The zero-order valence-electron chi connectivity index (χ0n) is 18.4. The van der Waals surface area contributed by atoms with Gasteiger partial charge in [0.05, 0.1) is 16.8 Å². The predicted molar refractivity (Wildman–Crippen MR) is 126 cm³/mol. The van der Waals surface area contributed by atoms with Gasteiger partial charge in [0.25, 0.3) is 0 Å². The van der Waals surface area contributed by atoms with Crippen LogP contribution in [0.2, 0.25) is 0 Å². The summed E-state index contributed by atoms with van der Waals surface area (Å²) in [6.45, 7) is 4.78. The minimum atomic E-state index is -0.512. The molecule has 0 bridgehead atoms. The van der Waals surface area contributed by atoms with Crippen molar-refractivity contribution >= 4 is 17.4 Å². The summed E-state index contributed by atoms with van der Waals surface area (Å²) in [6, 6.07) is 11.6. The van der Waals surface area contributed by atoms with Crippen LogP contribution in [0.25, 0.3) is 16.9 Å². The molecular formula is C25H23FN6O2. The minimum absolute atomic E-state index is 0.0157. The first-order valence-corrected chi connectivity index (χ1v) is 11.0. The van der Waals surface area contributed by atoms with E-state index in [0.29, 0.717) is 30.5 Å². The van der Waals surface area contributed by atoms with E-state index in [2.05, 4.69) is 16.5 Å². The molecule has 9 heteroatoms. The van der Waals surface area contributed by atoms with Crippen molar-refractivity contribution in [2.75, 3.05) is 18.8 Å². The number of hydrogen-bond donors (Lipinski definition) is 1. The second-order valence-electron chi connectivity index (χ2n) is 8.08. The Balaban J connectivity index is 1.54. The molecule has 1 saturated heterocycles. The lowest BCUT2D eigenvalue weighted by Gasteiger charge is -2.31. The third-order valence-electron chi connectivity index (χ3n) is 5.95. The van der Waals surface area contributed by atoms with Crippen molar-refractivity contribution in [3.63, 3.8) is 0 Å². The second-order valence-corrected chi connectivity index (χ2v) is 8.08. The Kier molecular flexibility index (Phi) is 5.67. The van der Waals surface area contributed by atoms with Gasteiger partial charge < -0.3 is 15.4 Å². The van der Waals surface area contributed by atoms with E-state index in [-0.39, 0.29) is 23.3 Å². The quantitative estimate of drug-likeness (QED) is 0.450. The number of rotatable bonds is 5. The van der Waals surface area contributed by atoms with Crippen molar-refractivity contribution in [1.29, 1.82) is 0 Å². The molecule has 0 radical (unpaired) electrons. The highest BCUT2D eigenvalue weighted by atomic mass is 19.1. The fourth-order valence-corrected chi connectivity index (χ4v) is 4.36. The SMILES string of the molecule is C=CC(=O)N1CCCC(c2nc(-c3ccc(Oc4ccccn4)cc3F)n3c(N)nccc23)C1. The molecule has 1 fully saturated rings. The number of carbonyl (C=O) groups is 1. The third kappa shape index (κ3) is 3.96. The number of likely N-dealkylation sites (tertiary alicyclic amines) is 1. The summed E-state index contributed by atoms with van der Waals surface area (Å²) < 4.78 is 22.6. The Bertz CT molecular complexity index is 1370. The Morgan fingerprint density at radius 2 is 2.09 bits per heavy atom. The largest absolute Gasteiger partial charge is 0.439 e. The molecule has 172 valence electrons. The molecule has 4 aromatic rings. The number of nitrogens with two attached hydrogens (primary N) is 1. The highest BCUT2D eigenvalue weighted by Crippen LogP contribution is 2.35. The smallest absolute Gasteiger partial charge is 0.245 e. The normalized spacial score (nSPS) is 15.9. The summed E-state index contributed by atoms with van der Waals surface area (Å²) in [5.74, 6) is 0.605. The van der Waals surface area contributed by atoms with Crippen LogP contribution in [-0.4, -0.2) is 43.2 Å². The lowest BCUT2D eigenvalue weighted by molar-refractivity contribution is -0.127. The number of piperidine rings is 1. The van der Waals surface area contributed by atoms with Gasteiger partial charge in [0.2, 0.25) is 17.7 Å². The Morgan fingerprint density at radius 1 is 1.21 bits per heavy atom. The summed E-state index contributed by atoms with van der Waals surface area (Å²) in [6.07, 6.45) is 6.23. The number of carbonyl (C=O) groups excluding carboxylic acids is 1. The van der Waals surface area contributed by atoms with Crippen LogP contribution in [-0.2, 0) is 4.79 Å². The van der Waals surface area contributed by atoms with E-state index in [1.165, 1.54) is 12.1 Å². The molecule has 1 aromatic carbocycles. The Morgan fingerprint density at radius 3 is 2.85 bits per heavy atom. The minimum Gasteiger partial charge on any atom is -0.439 e. The van der Waals surface area contributed by atoms with Crippen LogP contribution in [0.4, 0.5) is 10.3 Å². The maximum absolute atomic E-state index is 15.3. The third-order valence-corrected chi connectivity index (χ3v) is 5.95. The van der Waals surface area contributed by atoms with Crippen LogP contribution in [0.1, 0.15) is 24.5 Å². The molecule has 34 heavy (non-hydrogen) atoms. The van der Waals surface area contributed by atoms with Gasteiger partial charge in [-0.2, -0.15) is 0 Å². The van der Waals surface area contributed by atoms with Crippen LogP contribution in [0, 0.1) is 5.82 Å². The van der Waals surface area contributed by atoms with Crippen molar-refractivity contribution < 1.29 is 13.9 Å². The number of benzene rings is 1. The molecule has 1 atom stereocenters. The van der Waals surface area contributed by atoms with Gasteiger partial charge in [0.1, 0.15) is 11.6 Å². The van der Waals surface area contributed by atoms with Crippen LogP contribution < -0.4 is 10.5 Å². The van der Waals surface area contributed by atoms with Gasteiger partial charge in [-0.05, 0) is 43.2 Å². The lowest BCUT2D eigenvalue weighted by atomic mass is 9.94. The molecule has 1 unspecified atom stereocenters. The number of imidazole rings is 1. The van der Waals surface area contributed by atoms with E-state index in [1.807, 2.05) is 6.07 Å². The summed E-state index contributed by atoms with van der Waals surface area (Å²) in [5.41, 5.74) is 7.97. The molecule has 1 amide bonds. The van der Waals surface area contributed by atoms with Gasteiger partial charge >= 0.3 is 0 Å². The summed E-state index contributed by atoms with van der Waals surface area (Å²) >= 11 is 0. The molecular weight excluding hydrogens is 435 g/mol. The fraction of sp³-hybridized carbons (Fsp3) is 0.200. The van der Waals surface area contributed by atoms with Crippen molar-refractivity contribution in [3.8, 4) is 23.0 Å². The maximum Gasteiger partial charge on any atom is 0.245 e. The van der Waals surface area contributed by atoms with E-state index in [4.69, 9.17) is 15.5 Å². The van der Waals surface area contributed by atoms with Gasteiger partial charge in [-0.25, -0.2) is 19.3 Å². The van der Waals surface area contributed by atoms with E-state index in [0.717, 1.165) is 24.1 Å². The highest BCUT2D eigenvalue weighted by Gasteiger charge is 2.29. The number of ether oxygens (including phenoxy) is 1. The summed E-state index contributed by atoms with van der Waals surface area (Å²) in [4.78, 5) is 27.0. The van der Waals surface area contributed by atoms with Crippen molar-refractivity contribution in [1.82, 2.24) is 24.3 Å². The predicted octanol–water partition coefficient (Wildman–Crippen LogP) is 4.20. The number of halogens is 1. The van der Waals surface area contributed by atoms with Gasteiger partial charge in [0.15, 0.2) is 5.82 Å². The molecule has 4 heterocycles. The summed E-state index contributed by atoms with van der Waals surface area (Å²) in [5, 5.41) is 0. The molecule has 1 aliphatic rings. The molecule has 2 N–H and O–H groups in total. The first kappa shape index (κ1) is 21.6. The average Bonchev–Trinajstić information content (AvgIpc) is 3.25. The number of aromatic nitrogens is 4. The molecule has 0 aliphatic carbocycles. The number of nitrogen functional groups attached to an aromatic ring is 1. The molecule has 5 rings (SSSR count). The highest BCUT2D eigenvalue weighted by molar-refractivity contribution is 5.87. The molecule has 8 nitrogen and oxygen atoms in total. The summed E-state index contributed by atoms with van der Waals surface area (Å²) in [7, 11) is 0. The van der Waals surface area contributed by atoms with Gasteiger partial charge in [-0.3, -0.25) is 9.20 Å². The molecule has 3 aromatic heterocycles. The Labute approximate surface area is 195 Å². The van der Waals surface area contributed by atoms with E-state index in [9.17, 15) is 4.79 Å². The number of nitrogens with zero attached hydrogens (tertiary/aromatic N) is 5. The number of hydrogen-bond acceptors (Lipinski definition) is 6. The van der Waals surface area contributed by atoms with E-state index >= 15 is 4.39 Å². The van der Waals surface area contributed by atoms with Crippen molar-refractivity contribution in [2.24, 2.45) is 0 Å². The zero-order chi connectivity index (χ0) is 23.7. The van der Waals surface area contributed by atoms with Crippen LogP contribution >= 0.6 is 0 Å². The van der Waals surface area contributed by atoms with Gasteiger partial charge in [0, 0.05) is 43.5 Å². The number of pyridine rings is 1. The van der Waals surface area contributed by atoms with Gasteiger partial charge in [-0.15, -0.1) is 0 Å². The Hall–Kier alpha value is -4.27. The second kappa shape index (κ2) is 8.93. The lowest BCUT2D eigenvalue weighted by Crippen LogP contribution is -2.38. The fourth-order valence-electron chi connectivity index (χ4n) is 4.36. The van der Waals surface area contributed by atoms with E-state index in [1.54, 1.807) is 52.0 Å². The monoisotopic (exact) mass is 458 g/mol. The first-order valence-electron chi connectivity index (χ1n) is 11.0. The maximum atomic E-state index is 15.3.